The lowest BCUT2D eigenvalue weighted by molar-refractivity contribution is -0.140. The molecule has 0 saturated carbocycles. The van der Waals surface area contributed by atoms with E-state index in [1.807, 2.05) is 42.5 Å². The van der Waals surface area contributed by atoms with Gasteiger partial charge in [-0.05, 0) is 74.2 Å². The quantitative estimate of drug-likeness (QED) is 0.416. The summed E-state index contributed by atoms with van der Waals surface area (Å²) in [4.78, 5) is 70.7. The summed E-state index contributed by atoms with van der Waals surface area (Å²) in [7, 11) is -1.17. The number of amides is 5. The number of alkyl carbamates (subject to hydrolysis) is 1. The molecule has 5 amide bonds. The van der Waals surface area contributed by atoms with E-state index in [4.69, 9.17) is 4.74 Å². The van der Waals surface area contributed by atoms with Crippen LogP contribution in [0, 0.1) is 0 Å². The Morgan fingerprint density at radius 2 is 1.65 bits per heavy atom. The van der Waals surface area contributed by atoms with Crippen LogP contribution in [0.15, 0.2) is 71.6 Å². The number of nitrogens with zero attached hydrogens (tertiary/aromatic N) is 3. The average molecular weight is 720 g/mol. The van der Waals surface area contributed by atoms with Gasteiger partial charge >= 0.3 is 6.09 Å². The Morgan fingerprint density at radius 3 is 2.37 bits per heavy atom. The number of rotatable bonds is 4. The minimum atomic E-state index is -4.06. The molecular weight excluding hydrogens is 675 g/mol. The minimum Gasteiger partial charge on any atom is -0.444 e. The zero-order valence-corrected chi connectivity index (χ0v) is 30.4. The van der Waals surface area contributed by atoms with Gasteiger partial charge in [0.05, 0.1) is 23.2 Å². The first-order chi connectivity index (χ1) is 24.0. The summed E-state index contributed by atoms with van der Waals surface area (Å²) in [6.45, 7) is 5.00. The normalized spacial score (nSPS) is 21.7. The third-order valence-corrected chi connectivity index (χ3v) is 10.9. The van der Waals surface area contributed by atoms with Crippen molar-refractivity contribution < 1.29 is 37.1 Å². The van der Waals surface area contributed by atoms with Gasteiger partial charge in [0.2, 0.25) is 17.7 Å². The van der Waals surface area contributed by atoms with Crippen molar-refractivity contribution in [3.8, 4) is 0 Å². The van der Waals surface area contributed by atoms with Crippen LogP contribution in [-0.4, -0.2) is 110 Å². The Kier molecular flexibility index (Phi) is 11.0. The molecule has 272 valence electrons. The van der Waals surface area contributed by atoms with E-state index in [1.165, 1.54) is 53.1 Å². The van der Waals surface area contributed by atoms with Gasteiger partial charge in [-0.1, -0.05) is 42.5 Å². The summed E-state index contributed by atoms with van der Waals surface area (Å²) in [6, 6.07) is 16.7. The molecule has 3 aromatic carbocycles. The molecule has 5 rings (SSSR count). The third kappa shape index (κ3) is 9.23. The number of fused-ring (bicyclic) bond motifs is 4. The molecule has 13 nitrogen and oxygen atoms in total. The van der Waals surface area contributed by atoms with Crippen LogP contribution < -0.4 is 10.6 Å². The molecule has 3 aromatic rings. The molecular formula is C37H45N5O8S. The summed E-state index contributed by atoms with van der Waals surface area (Å²) < 4.78 is 33.0. The van der Waals surface area contributed by atoms with Gasteiger partial charge in [0.1, 0.15) is 11.6 Å². The zero-order valence-electron chi connectivity index (χ0n) is 29.5. The van der Waals surface area contributed by atoms with E-state index in [2.05, 4.69) is 10.6 Å². The van der Waals surface area contributed by atoms with Gasteiger partial charge in [0.15, 0.2) is 9.84 Å². The van der Waals surface area contributed by atoms with E-state index >= 15 is 0 Å². The molecule has 1 saturated heterocycles. The first-order valence-corrected chi connectivity index (χ1v) is 18.5. The van der Waals surface area contributed by atoms with E-state index in [0.29, 0.717) is 0 Å². The van der Waals surface area contributed by atoms with Crippen LogP contribution in [0.5, 0.6) is 0 Å². The standard InChI is InChI=1S/C37H45N5O8S/c1-37(2,3)50-36(47)39-28-19-29-23-51(48,49)30-12-8-11-27(18-30)35(46)41(5)31(15-16-32(43)40(4)22-33(44)42(29)21-28)34(45)38-20-24-13-14-25-9-6-7-10-26(25)17-24/h6-14,17-18,28-29,31H,15-16,19-23H2,1-5H3,(H,38,45)(H,39,47)/t28-,29+,31+/m1/s1. The van der Waals surface area contributed by atoms with E-state index < -0.39 is 69.0 Å². The topological polar surface area (TPSA) is 162 Å². The minimum absolute atomic E-state index is 0.0169. The number of benzene rings is 3. The second-order valence-electron chi connectivity index (χ2n) is 14.2. The SMILES string of the molecule is CN1CC(=O)N2C[C@H](NC(=O)OC(C)(C)C)C[C@H]2CS(=O)(=O)c2cccc(c2)C(=O)N(C)[C@H](C(=O)NCc2ccc3ccccc3c2)CCC1=O. The van der Waals surface area contributed by atoms with E-state index in [1.54, 1.807) is 20.8 Å². The molecule has 0 aliphatic carbocycles. The van der Waals surface area contributed by atoms with Gasteiger partial charge in [0.25, 0.3) is 5.91 Å². The predicted octanol–water partition coefficient (Wildman–Crippen LogP) is 3.12. The van der Waals surface area contributed by atoms with Crippen LogP contribution >= 0.6 is 0 Å². The van der Waals surface area contributed by atoms with Crippen LogP contribution in [-0.2, 0) is 35.5 Å². The molecule has 0 radical (unpaired) electrons. The molecule has 2 aliphatic heterocycles. The van der Waals surface area contributed by atoms with Gasteiger partial charge in [-0.2, -0.15) is 0 Å². The number of hydrogen-bond donors (Lipinski definition) is 2. The molecule has 14 heteroatoms. The van der Waals surface area contributed by atoms with Crippen LogP contribution in [0.1, 0.15) is 56.0 Å². The smallest absolute Gasteiger partial charge is 0.407 e. The first-order valence-electron chi connectivity index (χ1n) is 16.9. The molecule has 0 spiro atoms. The lowest BCUT2D eigenvalue weighted by atomic mass is 10.1. The van der Waals surface area contributed by atoms with Crippen LogP contribution in [0.25, 0.3) is 10.8 Å². The van der Waals surface area contributed by atoms with Crippen molar-refractivity contribution in [3.05, 3.63) is 77.9 Å². The van der Waals surface area contributed by atoms with Crippen LogP contribution in [0.3, 0.4) is 0 Å². The maximum atomic E-state index is 13.8. The summed E-state index contributed by atoms with van der Waals surface area (Å²) in [6.07, 6.45) is -0.745. The van der Waals surface area contributed by atoms with Crippen molar-refractivity contribution in [2.75, 3.05) is 32.9 Å². The molecule has 2 bridgehead atoms. The Labute approximate surface area is 298 Å². The monoisotopic (exact) mass is 719 g/mol. The number of carbonyl (C=O) groups excluding carboxylic acids is 5. The second kappa shape index (κ2) is 15.1. The largest absolute Gasteiger partial charge is 0.444 e. The van der Waals surface area contributed by atoms with E-state index in [9.17, 15) is 32.4 Å². The highest BCUT2D eigenvalue weighted by Gasteiger charge is 2.40. The van der Waals surface area contributed by atoms with Crippen molar-refractivity contribution in [2.45, 2.75) is 75.2 Å². The summed E-state index contributed by atoms with van der Waals surface area (Å²) >= 11 is 0. The molecule has 2 aliphatic rings. The second-order valence-corrected chi connectivity index (χ2v) is 16.2. The zero-order chi connectivity index (χ0) is 37.1. The van der Waals surface area contributed by atoms with Crippen molar-refractivity contribution in [2.24, 2.45) is 0 Å². The number of hydrogen-bond acceptors (Lipinski definition) is 8. The fourth-order valence-electron chi connectivity index (χ4n) is 6.47. The molecule has 2 heterocycles. The van der Waals surface area contributed by atoms with E-state index in [0.717, 1.165) is 16.3 Å². The molecule has 1 fully saturated rings. The molecule has 51 heavy (non-hydrogen) atoms. The van der Waals surface area contributed by atoms with Gasteiger partial charge in [-0.25, -0.2) is 13.2 Å². The lowest BCUT2D eigenvalue weighted by Crippen LogP contribution is -2.49. The highest BCUT2D eigenvalue weighted by molar-refractivity contribution is 7.91. The van der Waals surface area contributed by atoms with Crippen molar-refractivity contribution in [1.29, 1.82) is 0 Å². The molecule has 3 atom stereocenters. The maximum Gasteiger partial charge on any atom is 0.407 e. The average Bonchev–Trinajstić information content (AvgIpc) is 3.46. The molecule has 0 unspecified atom stereocenters. The highest BCUT2D eigenvalue weighted by atomic mass is 32.2. The van der Waals surface area contributed by atoms with Gasteiger partial charge in [-0.3, -0.25) is 19.2 Å². The summed E-state index contributed by atoms with van der Waals surface area (Å²) in [5.41, 5.74) is 0.131. The number of likely N-dealkylation sites (N-methyl/N-ethyl adjacent to an activating group) is 2. The Balaban J connectivity index is 1.40. The lowest BCUT2D eigenvalue weighted by Gasteiger charge is -2.30. The van der Waals surface area contributed by atoms with Gasteiger partial charge in [0, 0.05) is 45.2 Å². The van der Waals surface area contributed by atoms with Crippen molar-refractivity contribution in [3.63, 3.8) is 0 Å². The Hall–Kier alpha value is -4.98. The number of ether oxygens (including phenoxy) is 1. The number of carbonyl (C=O) groups is 5. The number of sulfone groups is 1. The molecule has 2 N–H and O–H groups in total. The number of nitrogens with one attached hydrogen (secondary N) is 2. The summed E-state index contributed by atoms with van der Waals surface area (Å²) in [5, 5.41) is 7.69. The molecule has 0 aromatic heterocycles. The predicted molar refractivity (Wildman–Crippen MR) is 190 cm³/mol. The fraction of sp³-hybridized carbons (Fsp3) is 0.432. The Morgan fingerprint density at radius 1 is 0.922 bits per heavy atom. The van der Waals surface area contributed by atoms with Crippen molar-refractivity contribution >= 4 is 50.3 Å². The van der Waals surface area contributed by atoms with Gasteiger partial charge in [-0.15, -0.1) is 0 Å². The first kappa shape index (κ1) is 37.3. The Bertz CT molecular complexity index is 1940. The van der Waals surface area contributed by atoms with E-state index in [-0.39, 0.29) is 49.4 Å². The fourth-order valence-corrected chi connectivity index (χ4v) is 8.07. The highest BCUT2D eigenvalue weighted by Crippen LogP contribution is 2.25. The van der Waals surface area contributed by atoms with Crippen molar-refractivity contribution in [1.82, 2.24) is 25.3 Å². The van der Waals surface area contributed by atoms with Gasteiger partial charge < -0.3 is 30.1 Å². The van der Waals surface area contributed by atoms with Crippen LogP contribution in [0.2, 0.25) is 0 Å². The van der Waals surface area contributed by atoms with Crippen LogP contribution in [0.4, 0.5) is 4.79 Å². The third-order valence-electron chi connectivity index (χ3n) is 9.11. The summed E-state index contributed by atoms with van der Waals surface area (Å²) in [5.74, 6) is -2.48. The maximum absolute atomic E-state index is 13.8.